The average Bonchev–Trinajstić information content (AvgIpc) is 3.36. The maximum Gasteiger partial charge on any atom is 0.287 e. The number of carbonyl (C=O) groups excluding carboxylic acids is 2. The molecule has 0 spiro atoms. The van der Waals surface area contributed by atoms with E-state index in [1.807, 2.05) is 0 Å². The van der Waals surface area contributed by atoms with Crippen molar-refractivity contribution in [1.29, 1.82) is 0 Å². The maximum absolute atomic E-state index is 13.0. The van der Waals surface area contributed by atoms with E-state index in [-0.39, 0.29) is 12.5 Å². The summed E-state index contributed by atoms with van der Waals surface area (Å²) < 4.78 is 21.4. The zero-order chi connectivity index (χ0) is 24.6. The topological polar surface area (TPSA) is 107 Å². The number of hydrogen-bond donors (Lipinski definition) is 2. The lowest BCUT2D eigenvalue weighted by atomic mass is 10.1. The molecule has 0 bridgehead atoms. The number of benzene rings is 3. The Morgan fingerprint density at radius 3 is 2.51 bits per heavy atom. The molecular weight excluding hydrogens is 450 g/mol. The summed E-state index contributed by atoms with van der Waals surface area (Å²) in [6.45, 7) is 0.128. The smallest absolute Gasteiger partial charge is 0.287 e. The van der Waals surface area contributed by atoms with Gasteiger partial charge in [-0.3, -0.25) is 9.59 Å². The van der Waals surface area contributed by atoms with Crippen LogP contribution in [0.5, 0.6) is 23.0 Å². The summed E-state index contributed by atoms with van der Waals surface area (Å²) in [5, 5.41) is 6.69. The molecule has 9 nitrogen and oxygen atoms in total. The second-order valence-corrected chi connectivity index (χ2v) is 7.27. The molecule has 1 heterocycles. The van der Waals surface area contributed by atoms with Crippen molar-refractivity contribution in [1.82, 2.24) is 10.7 Å². The molecule has 0 saturated heterocycles. The molecule has 1 aliphatic rings. The Labute approximate surface area is 202 Å². The van der Waals surface area contributed by atoms with Crippen molar-refractivity contribution in [2.24, 2.45) is 5.10 Å². The Kier molecular flexibility index (Phi) is 7.27. The Balaban J connectivity index is 1.57. The van der Waals surface area contributed by atoms with E-state index in [4.69, 9.17) is 18.9 Å². The van der Waals surface area contributed by atoms with Crippen LogP contribution in [-0.2, 0) is 4.79 Å². The van der Waals surface area contributed by atoms with Gasteiger partial charge in [-0.05, 0) is 48.0 Å². The van der Waals surface area contributed by atoms with Crippen LogP contribution in [0, 0.1) is 0 Å². The van der Waals surface area contributed by atoms with Crippen molar-refractivity contribution < 1.29 is 28.5 Å². The predicted molar refractivity (Wildman–Crippen MR) is 130 cm³/mol. The van der Waals surface area contributed by atoms with E-state index in [1.165, 1.54) is 26.5 Å². The fraction of sp³-hybridized carbons (Fsp3) is 0.115. The molecule has 3 aromatic rings. The minimum absolute atomic E-state index is 0.00697. The van der Waals surface area contributed by atoms with E-state index in [0.717, 1.165) is 0 Å². The number of nitrogens with one attached hydrogen (secondary N) is 2. The number of nitrogens with zero attached hydrogens (tertiary/aromatic N) is 1. The van der Waals surface area contributed by atoms with Gasteiger partial charge in [-0.1, -0.05) is 30.3 Å². The first-order valence-electron chi connectivity index (χ1n) is 10.6. The highest BCUT2D eigenvalue weighted by molar-refractivity contribution is 6.05. The standard InChI is InChI=1S/C26H23N3O6/c1-32-22-10-6-9-19(24(22)33-2)15-27-29-26(31)20(28-25(30)18-7-4-3-5-8-18)13-17-11-12-21-23(14-17)35-16-34-21/h3-15H,16H2,1-2H3,(H,28,30)(H,29,31)/b20-13+,27-15+. The fourth-order valence-electron chi connectivity index (χ4n) is 3.35. The molecule has 0 unspecified atom stereocenters. The molecule has 0 aromatic heterocycles. The van der Waals surface area contributed by atoms with Crippen LogP contribution < -0.4 is 29.7 Å². The lowest BCUT2D eigenvalue weighted by molar-refractivity contribution is -0.117. The highest BCUT2D eigenvalue weighted by atomic mass is 16.7. The van der Waals surface area contributed by atoms with Gasteiger partial charge in [0, 0.05) is 11.1 Å². The molecule has 178 valence electrons. The molecule has 3 aromatic carbocycles. The van der Waals surface area contributed by atoms with Gasteiger partial charge in [0.2, 0.25) is 6.79 Å². The molecule has 0 aliphatic carbocycles. The zero-order valence-corrected chi connectivity index (χ0v) is 19.1. The first kappa shape index (κ1) is 23.4. The number of ether oxygens (including phenoxy) is 4. The van der Waals surface area contributed by atoms with Crippen LogP contribution in [0.1, 0.15) is 21.5 Å². The number of carbonyl (C=O) groups is 2. The van der Waals surface area contributed by atoms with Gasteiger partial charge in [0.1, 0.15) is 5.70 Å². The second-order valence-electron chi connectivity index (χ2n) is 7.27. The Bertz CT molecular complexity index is 1290. The summed E-state index contributed by atoms with van der Waals surface area (Å²) >= 11 is 0. The number of amides is 2. The van der Waals surface area contributed by atoms with Gasteiger partial charge in [0.05, 0.1) is 20.4 Å². The molecule has 35 heavy (non-hydrogen) atoms. The highest BCUT2D eigenvalue weighted by Crippen LogP contribution is 2.33. The molecule has 0 atom stereocenters. The second kappa shape index (κ2) is 10.9. The van der Waals surface area contributed by atoms with E-state index in [9.17, 15) is 9.59 Å². The molecule has 9 heteroatoms. The third kappa shape index (κ3) is 5.59. The first-order chi connectivity index (χ1) is 17.1. The molecule has 0 radical (unpaired) electrons. The van der Waals surface area contributed by atoms with Crippen LogP contribution >= 0.6 is 0 Å². The van der Waals surface area contributed by atoms with Crippen molar-refractivity contribution >= 4 is 24.1 Å². The third-order valence-electron chi connectivity index (χ3n) is 5.04. The average molecular weight is 473 g/mol. The first-order valence-corrected chi connectivity index (χ1v) is 10.6. The summed E-state index contributed by atoms with van der Waals surface area (Å²) in [4.78, 5) is 25.7. The normalized spacial score (nSPS) is 12.3. The quantitative estimate of drug-likeness (QED) is 0.295. The fourth-order valence-corrected chi connectivity index (χ4v) is 3.35. The van der Waals surface area contributed by atoms with E-state index in [1.54, 1.807) is 66.7 Å². The van der Waals surface area contributed by atoms with Crippen LogP contribution in [0.4, 0.5) is 0 Å². The van der Waals surface area contributed by atoms with Gasteiger partial charge in [-0.2, -0.15) is 5.10 Å². The lowest BCUT2D eigenvalue weighted by Gasteiger charge is -2.10. The molecular formula is C26H23N3O6. The molecule has 1 aliphatic heterocycles. The van der Waals surface area contributed by atoms with Crippen molar-refractivity contribution in [3.05, 3.63) is 89.1 Å². The van der Waals surface area contributed by atoms with Crippen LogP contribution in [0.3, 0.4) is 0 Å². The van der Waals surface area contributed by atoms with Crippen molar-refractivity contribution in [2.45, 2.75) is 0 Å². The largest absolute Gasteiger partial charge is 0.493 e. The summed E-state index contributed by atoms with van der Waals surface area (Å²) in [6.07, 6.45) is 2.95. The molecule has 2 N–H and O–H groups in total. The summed E-state index contributed by atoms with van der Waals surface area (Å²) in [5.74, 6) is 1.10. The third-order valence-corrected chi connectivity index (χ3v) is 5.04. The Hall–Kier alpha value is -4.79. The summed E-state index contributed by atoms with van der Waals surface area (Å²) in [7, 11) is 3.04. The van der Waals surface area contributed by atoms with Gasteiger partial charge in [-0.15, -0.1) is 0 Å². The van der Waals surface area contributed by atoms with Gasteiger partial charge in [0.15, 0.2) is 23.0 Å². The Morgan fingerprint density at radius 1 is 0.943 bits per heavy atom. The molecule has 0 saturated carbocycles. The van der Waals surface area contributed by atoms with Crippen molar-refractivity contribution in [3.63, 3.8) is 0 Å². The highest BCUT2D eigenvalue weighted by Gasteiger charge is 2.17. The van der Waals surface area contributed by atoms with Crippen molar-refractivity contribution in [3.8, 4) is 23.0 Å². The minimum atomic E-state index is -0.620. The molecule has 0 fully saturated rings. The minimum Gasteiger partial charge on any atom is -0.493 e. The van der Waals surface area contributed by atoms with Crippen LogP contribution in [0.15, 0.2) is 77.5 Å². The number of rotatable bonds is 8. The summed E-state index contributed by atoms with van der Waals surface area (Å²) in [5.41, 5.74) is 4.07. The summed E-state index contributed by atoms with van der Waals surface area (Å²) in [6, 6.07) is 19.1. The predicted octanol–water partition coefficient (Wildman–Crippen LogP) is 3.35. The maximum atomic E-state index is 13.0. The van der Waals surface area contributed by atoms with Gasteiger partial charge < -0.3 is 24.3 Å². The zero-order valence-electron chi connectivity index (χ0n) is 19.1. The SMILES string of the molecule is COc1cccc(/C=N/NC(=O)/C(=C\c2ccc3c(c2)OCO3)NC(=O)c2ccccc2)c1OC. The monoisotopic (exact) mass is 473 g/mol. The van der Waals surface area contributed by atoms with E-state index in [2.05, 4.69) is 15.8 Å². The number of methoxy groups -OCH3 is 2. The van der Waals surface area contributed by atoms with E-state index >= 15 is 0 Å². The lowest BCUT2D eigenvalue weighted by Crippen LogP contribution is -2.32. The van der Waals surface area contributed by atoms with Crippen LogP contribution in [0.2, 0.25) is 0 Å². The van der Waals surface area contributed by atoms with Crippen LogP contribution in [-0.4, -0.2) is 39.0 Å². The van der Waals surface area contributed by atoms with Gasteiger partial charge >= 0.3 is 0 Å². The number of hydrazone groups is 1. The number of hydrogen-bond acceptors (Lipinski definition) is 7. The molecule has 4 rings (SSSR count). The number of fused-ring (bicyclic) bond motifs is 1. The number of para-hydroxylation sites is 1. The Morgan fingerprint density at radius 2 is 1.74 bits per heavy atom. The molecule has 2 amide bonds. The van der Waals surface area contributed by atoms with Crippen molar-refractivity contribution in [2.75, 3.05) is 21.0 Å². The van der Waals surface area contributed by atoms with E-state index < -0.39 is 11.8 Å². The van der Waals surface area contributed by atoms with Crippen LogP contribution in [0.25, 0.3) is 6.08 Å². The van der Waals surface area contributed by atoms with Gasteiger partial charge in [0.25, 0.3) is 11.8 Å². The van der Waals surface area contributed by atoms with Gasteiger partial charge in [-0.25, -0.2) is 5.43 Å². The van der Waals surface area contributed by atoms with E-state index in [0.29, 0.717) is 39.7 Å².